The van der Waals surface area contributed by atoms with Gasteiger partial charge in [0.15, 0.2) is 0 Å². The maximum absolute atomic E-state index is 13.4. The number of quaternary nitrogens is 1. The van der Waals surface area contributed by atoms with Gasteiger partial charge in [0, 0.05) is 31.1 Å². The Balaban J connectivity index is 0.00000274. The van der Waals surface area contributed by atoms with Gasteiger partial charge in [-0.1, -0.05) is 60.7 Å². The average molecular weight is 478 g/mol. The molecule has 1 N–H and O–H groups in total. The van der Waals surface area contributed by atoms with Crippen LogP contribution >= 0.6 is 0 Å². The molecular formula is C28H29ClFN3O. The van der Waals surface area contributed by atoms with Gasteiger partial charge in [-0.25, -0.2) is 9.07 Å². The van der Waals surface area contributed by atoms with E-state index in [2.05, 4.69) is 30.3 Å². The molecule has 6 heteroatoms. The molecule has 0 aliphatic carbocycles. The predicted octanol–water partition coefficient (Wildman–Crippen LogP) is 0.593. The second-order valence-electron chi connectivity index (χ2n) is 9.01. The van der Waals surface area contributed by atoms with Crippen molar-refractivity contribution in [1.82, 2.24) is 9.78 Å². The lowest BCUT2D eigenvalue weighted by Gasteiger charge is -2.30. The number of nitrogens with zero attached hydrogens (tertiary/aromatic N) is 2. The highest BCUT2D eigenvalue weighted by Crippen LogP contribution is 2.21. The number of nitrogens with one attached hydrogen (secondary N) is 1. The summed E-state index contributed by atoms with van der Waals surface area (Å²) in [5.74, 6) is -0.247. The molecule has 1 aromatic heterocycles. The molecule has 4 aromatic rings. The van der Waals surface area contributed by atoms with E-state index in [0.717, 1.165) is 55.5 Å². The van der Waals surface area contributed by atoms with Gasteiger partial charge in [-0.2, -0.15) is 5.10 Å². The Morgan fingerprint density at radius 3 is 2.21 bits per heavy atom. The largest absolute Gasteiger partial charge is 1.00 e. The molecule has 1 aliphatic rings. The van der Waals surface area contributed by atoms with Crippen molar-refractivity contribution >= 4 is 10.8 Å². The van der Waals surface area contributed by atoms with E-state index in [-0.39, 0.29) is 29.8 Å². The molecule has 2 heterocycles. The van der Waals surface area contributed by atoms with E-state index < -0.39 is 0 Å². The summed E-state index contributed by atoms with van der Waals surface area (Å²) >= 11 is 0. The summed E-state index contributed by atoms with van der Waals surface area (Å²) in [4.78, 5) is 14.9. The topological polar surface area (TPSA) is 39.3 Å². The van der Waals surface area contributed by atoms with E-state index >= 15 is 0 Å². The van der Waals surface area contributed by atoms with Crippen LogP contribution in [-0.2, 0) is 12.8 Å². The standard InChI is InChI=1S/C28H28FN3O.ClH/c29-23-12-10-22(11-13-23)20-27-25-8-4-5-9-26(25)28(33)32(30-27)24-15-18-31(19-16-24)17-14-21-6-2-1-3-7-21;/h1-13,24H,14-20H2;1H. The number of likely N-dealkylation sites (tertiary alicyclic amines) is 1. The summed E-state index contributed by atoms with van der Waals surface area (Å²) < 4.78 is 15.1. The fourth-order valence-electron chi connectivity index (χ4n) is 4.92. The quantitative estimate of drug-likeness (QED) is 0.441. The highest BCUT2D eigenvalue weighted by atomic mass is 35.5. The highest BCUT2D eigenvalue weighted by molar-refractivity contribution is 5.83. The summed E-state index contributed by atoms with van der Waals surface area (Å²) in [6.07, 6.45) is 3.55. The van der Waals surface area contributed by atoms with Crippen LogP contribution in [0.1, 0.15) is 35.7 Å². The zero-order valence-corrected chi connectivity index (χ0v) is 19.8. The van der Waals surface area contributed by atoms with Crippen LogP contribution in [0, 0.1) is 5.82 Å². The van der Waals surface area contributed by atoms with Gasteiger partial charge in [-0.3, -0.25) is 4.79 Å². The van der Waals surface area contributed by atoms with Crippen molar-refractivity contribution in [2.24, 2.45) is 0 Å². The SMILES string of the molecule is O=c1c2ccccc2c(Cc2ccc(F)cc2)nn1C1CC[NH+](CCc2ccccc2)CC1.[Cl-]. The molecule has 1 saturated heterocycles. The van der Waals surface area contributed by atoms with E-state index in [1.54, 1.807) is 21.7 Å². The summed E-state index contributed by atoms with van der Waals surface area (Å²) in [7, 11) is 0. The Hall–Kier alpha value is -3.02. The molecule has 0 amide bonds. The first-order chi connectivity index (χ1) is 16.2. The fraction of sp³-hybridized carbons (Fsp3) is 0.286. The lowest BCUT2D eigenvalue weighted by atomic mass is 10.0. The van der Waals surface area contributed by atoms with Crippen molar-refractivity contribution in [3.8, 4) is 0 Å². The average Bonchev–Trinajstić information content (AvgIpc) is 2.87. The van der Waals surface area contributed by atoms with Crippen molar-refractivity contribution in [3.05, 3.63) is 112 Å². The number of aromatic nitrogens is 2. The van der Waals surface area contributed by atoms with Crippen LogP contribution in [0.4, 0.5) is 4.39 Å². The molecule has 0 atom stereocenters. The molecule has 34 heavy (non-hydrogen) atoms. The molecule has 0 radical (unpaired) electrons. The number of hydrogen-bond acceptors (Lipinski definition) is 2. The van der Waals surface area contributed by atoms with Crippen LogP contribution in [0.2, 0.25) is 0 Å². The van der Waals surface area contributed by atoms with Crippen LogP contribution in [0.5, 0.6) is 0 Å². The smallest absolute Gasteiger partial charge is 0.274 e. The normalized spacial score (nSPS) is 17.9. The molecule has 0 saturated carbocycles. The predicted molar refractivity (Wildman–Crippen MR) is 129 cm³/mol. The van der Waals surface area contributed by atoms with Gasteiger partial charge < -0.3 is 17.3 Å². The van der Waals surface area contributed by atoms with Crippen molar-refractivity contribution in [3.63, 3.8) is 0 Å². The number of benzene rings is 3. The maximum Gasteiger partial charge on any atom is 0.274 e. The molecule has 0 bridgehead atoms. The lowest BCUT2D eigenvalue weighted by molar-refractivity contribution is -0.905. The van der Waals surface area contributed by atoms with Crippen LogP contribution in [0.15, 0.2) is 83.7 Å². The molecule has 1 fully saturated rings. The number of halogens is 2. The minimum absolute atomic E-state index is 0. The highest BCUT2D eigenvalue weighted by Gasteiger charge is 2.26. The van der Waals surface area contributed by atoms with Gasteiger partial charge in [0.05, 0.1) is 36.8 Å². The third kappa shape index (κ3) is 5.37. The third-order valence-corrected chi connectivity index (χ3v) is 6.81. The molecule has 0 unspecified atom stereocenters. The first kappa shape index (κ1) is 24.1. The van der Waals surface area contributed by atoms with Gasteiger partial charge in [-0.05, 0) is 29.3 Å². The fourth-order valence-corrected chi connectivity index (χ4v) is 4.92. The summed E-state index contributed by atoms with van der Waals surface area (Å²) in [6, 6.07) is 25.0. The minimum Gasteiger partial charge on any atom is -1.00 e. The Kier molecular flexibility index (Phi) is 7.76. The van der Waals surface area contributed by atoms with Crippen LogP contribution in [0.25, 0.3) is 10.8 Å². The molecule has 5 rings (SSSR count). The van der Waals surface area contributed by atoms with Crippen molar-refractivity contribution in [2.75, 3.05) is 19.6 Å². The van der Waals surface area contributed by atoms with Crippen LogP contribution in [-0.4, -0.2) is 29.4 Å². The van der Waals surface area contributed by atoms with E-state index in [4.69, 9.17) is 5.10 Å². The van der Waals surface area contributed by atoms with E-state index in [0.29, 0.717) is 11.8 Å². The number of hydrogen-bond donors (Lipinski definition) is 1. The van der Waals surface area contributed by atoms with Gasteiger partial charge in [-0.15, -0.1) is 0 Å². The number of rotatable bonds is 6. The Morgan fingerprint density at radius 1 is 0.853 bits per heavy atom. The Labute approximate surface area is 205 Å². The molecule has 1 aliphatic heterocycles. The van der Waals surface area contributed by atoms with E-state index in [1.165, 1.54) is 17.7 Å². The first-order valence-corrected chi connectivity index (χ1v) is 11.8. The minimum atomic E-state index is -0.247. The van der Waals surface area contributed by atoms with Crippen molar-refractivity contribution in [2.45, 2.75) is 31.7 Å². The van der Waals surface area contributed by atoms with Gasteiger partial charge in [0.1, 0.15) is 5.82 Å². The third-order valence-electron chi connectivity index (χ3n) is 6.81. The van der Waals surface area contributed by atoms with Gasteiger partial charge in [0.25, 0.3) is 5.56 Å². The summed E-state index contributed by atoms with van der Waals surface area (Å²) in [5.41, 5.74) is 3.23. The zero-order valence-electron chi connectivity index (χ0n) is 19.1. The van der Waals surface area contributed by atoms with Crippen molar-refractivity contribution in [1.29, 1.82) is 0 Å². The zero-order chi connectivity index (χ0) is 22.6. The second-order valence-corrected chi connectivity index (χ2v) is 9.01. The van der Waals surface area contributed by atoms with Crippen LogP contribution in [0.3, 0.4) is 0 Å². The first-order valence-electron chi connectivity index (χ1n) is 11.8. The molecule has 0 spiro atoms. The Bertz CT molecular complexity index is 1280. The van der Waals surface area contributed by atoms with E-state index in [1.807, 2.05) is 24.3 Å². The van der Waals surface area contributed by atoms with Crippen LogP contribution < -0.4 is 22.9 Å². The number of piperidine rings is 1. The maximum atomic E-state index is 13.4. The summed E-state index contributed by atoms with van der Waals surface area (Å²) in [5, 5.41) is 6.46. The van der Waals surface area contributed by atoms with Crippen molar-refractivity contribution < 1.29 is 21.7 Å². The van der Waals surface area contributed by atoms with Gasteiger partial charge >= 0.3 is 0 Å². The lowest BCUT2D eigenvalue weighted by Crippen LogP contribution is -3.13. The molecule has 3 aromatic carbocycles. The molecule has 176 valence electrons. The summed E-state index contributed by atoms with van der Waals surface area (Å²) in [6.45, 7) is 3.21. The molecule has 4 nitrogen and oxygen atoms in total. The number of fused-ring (bicyclic) bond motifs is 1. The second kappa shape index (κ2) is 10.9. The van der Waals surface area contributed by atoms with Gasteiger partial charge in [0.2, 0.25) is 0 Å². The molecular weight excluding hydrogens is 449 g/mol. The monoisotopic (exact) mass is 477 g/mol. The Morgan fingerprint density at radius 2 is 1.50 bits per heavy atom. The van der Waals surface area contributed by atoms with E-state index in [9.17, 15) is 9.18 Å².